The third-order valence-electron chi connectivity index (χ3n) is 4.24. The van der Waals surface area contributed by atoms with Gasteiger partial charge in [0.05, 0.1) is 26.4 Å². The minimum absolute atomic E-state index is 0.123. The molecule has 2 amide bonds. The van der Waals surface area contributed by atoms with E-state index in [9.17, 15) is 4.79 Å². The van der Waals surface area contributed by atoms with E-state index in [1.165, 1.54) is 5.56 Å². The summed E-state index contributed by atoms with van der Waals surface area (Å²) in [5.74, 6) is 0.801. The standard InChI is InChI=1S/C21H24N4O2/c1-24(21(26)22-12-17-8-10-20(27-2)11-9-17)14-19-13-23-25(16-19)15-18-6-4-3-5-7-18/h3-11,13,16H,12,14-15H2,1-2H3,(H,22,26). The number of urea groups is 1. The molecule has 1 aromatic heterocycles. The predicted octanol–water partition coefficient (Wildman–Crippen LogP) is 3.28. The Kier molecular flexibility index (Phi) is 6.10. The van der Waals surface area contributed by atoms with Crippen molar-refractivity contribution in [1.82, 2.24) is 20.0 Å². The minimum Gasteiger partial charge on any atom is -0.497 e. The molecular weight excluding hydrogens is 340 g/mol. The number of methoxy groups -OCH3 is 1. The largest absolute Gasteiger partial charge is 0.497 e. The molecule has 0 aliphatic rings. The summed E-state index contributed by atoms with van der Waals surface area (Å²) in [6.07, 6.45) is 3.77. The van der Waals surface area contributed by atoms with E-state index in [4.69, 9.17) is 4.74 Å². The van der Waals surface area contributed by atoms with Gasteiger partial charge in [-0.1, -0.05) is 42.5 Å². The van der Waals surface area contributed by atoms with Crippen molar-refractivity contribution >= 4 is 6.03 Å². The summed E-state index contributed by atoms with van der Waals surface area (Å²) < 4.78 is 7.02. The maximum atomic E-state index is 12.3. The van der Waals surface area contributed by atoms with Crippen LogP contribution in [0.4, 0.5) is 4.79 Å². The number of rotatable bonds is 7. The monoisotopic (exact) mass is 364 g/mol. The first kappa shape index (κ1) is 18.5. The maximum Gasteiger partial charge on any atom is 0.317 e. The number of nitrogens with one attached hydrogen (secondary N) is 1. The van der Waals surface area contributed by atoms with Crippen molar-refractivity contribution in [3.8, 4) is 5.75 Å². The molecule has 3 rings (SSSR count). The third kappa shape index (κ3) is 5.34. The molecule has 0 aliphatic heterocycles. The van der Waals surface area contributed by atoms with E-state index >= 15 is 0 Å². The van der Waals surface area contributed by atoms with Gasteiger partial charge in [-0.2, -0.15) is 5.10 Å². The van der Waals surface area contributed by atoms with Gasteiger partial charge in [0.15, 0.2) is 0 Å². The van der Waals surface area contributed by atoms with Crippen LogP contribution in [0.5, 0.6) is 5.75 Å². The molecule has 1 heterocycles. The topological polar surface area (TPSA) is 59.4 Å². The second kappa shape index (κ2) is 8.89. The summed E-state index contributed by atoms with van der Waals surface area (Å²) in [6, 6.07) is 17.7. The van der Waals surface area contributed by atoms with Crippen molar-refractivity contribution in [2.45, 2.75) is 19.6 Å². The lowest BCUT2D eigenvalue weighted by molar-refractivity contribution is 0.206. The molecule has 0 radical (unpaired) electrons. The van der Waals surface area contributed by atoms with Crippen molar-refractivity contribution in [2.24, 2.45) is 0 Å². The van der Waals surface area contributed by atoms with Crippen molar-refractivity contribution in [1.29, 1.82) is 0 Å². The lowest BCUT2D eigenvalue weighted by Crippen LogP contribution is -2.36. The number of ether oxygens (including phenoxy) is 1. The lowest BCUT2D eigenvalue weighted by Gasteiger charge is -2.17. The SMILES string of the molecule is COc1ccc(CNC(=O)N(C)Cc2cnn(Cc3ccccc3)c2)cc1. The second-order valence-electron chi connectivity index (χ2n) is 6.39. The lowest BCUT2D eigenvalue weighted by atomic mass is 10.2. The molecule has 0 unspecified atom stereocenters. The average molecular weight is 364 g/mol. The van der Waals surface area contributed by atoms with Crippen molar-refractivity contribution < 1.29 is 9.53 Å². The molecule has 0 fully saturated rings. The second-order valence-corrected chi connectivity index (χ2v) is 6.39. The fourth-order valence-electron chi connectivity index (χ4n) is 2.75. The fourth-order valence-corrected chi connectivity index (χ4v) is 2.75. The number of carbonyl (C=O) groups excluding carboxylic acids is 1. The number of carbonyl (C=O) groups is 1. The van der Waals surface area contributed by atoms with Crippen LogP contribution >= 0.6 is 0 Å². The van der Waals surface area contributed by atoms with Gasteiger partial charge >= 0.3 is 6.03 Å². The highest BCUT2D eigenvalue weighted by molar-refractivity contribution is 5.73. The highest BCUT2D eigenvalue weighted by Gasteiger charge is 2.10. The van der Waals surface area contributed by atoms with Crippen LogP contribution in [-0.2, 0) is 19.6 Å². The maximum absolute atomic E-state index is 12.3. The molecule has 0 spiro atoms. The van der Waals surface area contributed by atoms with Crippen LogP contribution in [0.3, 0.4) is 0 Å². The van der Waals surface area contributed by atoms with E-state index in [0.717, 1.165) is 16.9 Å². The number of aromatic nitrogens is 2. The number of amides is 2. The van der Waals surface area contributed by atoms with Crippen molar-refractivity contribution in [3.05, 3.63) is 83.7 Å². The summed E-state index contributed by atoms with van der Waals surface area (Å²) in [5, 5.41) is 7.30. The molecule has 0 saturated carbocycles. The number of benzene rings is 2. The number of hydrogen-bond donors (Lipinski definition) is 1. The van der Waals surface area contributed by atoms with Gasteiger partial charge in [-0.05, 0) is 23.3 Å². The van der Waals surface area contributed by atoms with Gasteiger partial charge < -0.3 is 15.0 Å². The zero-order valence-electron chi connectivity index (χ0n) is 15.6. The summed E-state index contributed by atoms with van der Waals surface area (Å²) >= 11 is 0. The summed E-state index contributed by atoms with van der Waals surface area (Å²) in [7, 11) is 3.41. The molecule has 27 heavy (non-hydrogen) atoms. The Labute approximate surface area is 159 Å². The minimum atomic E-state index is -0.123. The smallest absolute Gasteiger partial charge is 0.317 e. The van der Waals surface area contributed by atoms with Crippen LogP contribution < -0.4 is 10.1 Å². The third-order valence-corrected chi connectivity index (χ3v) is 4.24. The first-order valence-electron chi connectivity index (χ1n) is 8.81. The Morgan fingerprint density at radius 2 is 1.81 bits per heavy atom. The number of nitrogens with zero attached hydrogens (tertiary/aromatic N) is 3. The van der Waals surface area contributed by atoms with Gasteiger partial charge in [0.1, 0.15) is 5.75 Å². The molecule has 1 N–H and O–H groups in total. The van der Waals surface area contributed by atoms with Crippen LogP contribution in [-0.4, -0.2) is 34.9 Å². The Bertz CT molecular complexity index is 859. The van der Waals surface area contributed by atoms with Crippen LogP contribution in [0.25, 0.3) is 0 Å². The van der Waals surface area contributed by atoms with E-state index in [-0.39, 0.29) is 6.03 Å². The zero-order valence-corrected chi connectivity index (χ0v) is 15.6. The fraction of sp³-hybridized carbons (Fsp3) is 0.238. The first-order chi connectivity index (χ1) is 13.1. The van der Waals surface area contributed by atoms with Crippen LogP contribution in [0.1, 0.15) is 16.7 Å². The molecule has 6 heteroatoms. The quantitative estimate of drug-likeness (QED) is 0.700. The number of hydrogen-bond acceptors (Lipinski definition) is 3. The normalized spacial score (nSPS) is 10.4. The first-order valence-corrected chi connectivity index (χ1v) is 8.81. The molecule has 140 valence electrons. The summed E-state index contributed by atoms with van der Waals surface area (Å²) in [4.78, 5) is 14.0. The van der Waals surface area contributed by atoms with Crippen molar-refractivity contribution in [3.63, 3.8) is 0 Å². The van der Waals surface area contributed by atoms with Gasteiger partial charge in [-0.3, -0.25) is 4.68 Å². The molecule has 2 aromatic carbocycles. The van der Waals surface area contributed by atoms with Gasteiger partial charge in [-0.15, -0.1) is 0 Å². The van der Waals surface area contributed by atoms with Crippen LogP contribution in [0, 0.1) is 0 Å². The van der Waals surface area contributed by atoms with E-state index in [1.807, 2.05) is 53.3 Å². The van der Waals surface area contributed by atoms with E-state index in [0.29, 0.717) is 19.6 Å². The van der Waals surface area contributed by atoms with Crippen LogP contribution in [0.2, 0.25) is 0 Å². The van der Waals surface area contributed by atoms with E-state index < -0.39 is 0 Å². The Morgan fingerprint density at radius 1 is 1.07 bits per heavy atom. The molecule has 0 bridgehead atoms. The molecular formula is C21H24N4O2. The van der Waals surface area contributed by atoms with Gasteiger partial charge in [0, 0.05) is 25.4 Å². The van der Waals surface area contributed by atoms with E-state index in [2.05, 4.69) is 22.5 Å². The predicted molar refractivity (Wildman–Crippen MR) is 104 cm³/mol. The molecule has 6 nitrogen and oxygen atoms in total. The molecule has 0 saturated heterocycles. The van der Waals surface area contributed by atoms with Gasteiger partial charge in [0.2, 0.25) is 0 Å². The summed E-state index contributed by atoms with van der Waals surface area (Å²) in [5.41, 5.74) is 3.21. The molecule has 3 aromatic rings. The Morgan fingerprint density at radius 3 is 2.52 bits per heavy atom. The average Bonchev–Trinajstić information content (AvgIpc) is 3.14. The highest BCUT2D eigenvalue weighted by atomic mass is 16.5. The zero-order chi connectivity index (χ0) is 19.1. The molecule has 0 atom stereocenters. The van der Waals surface area contributed by atoms with Gasteiger partial charge in [0.25, 0.3) is 0 Å². The van der Waals surface area contributed by atoms with Gasteiger partial charge in [-0.25, -0.2) is 4.79 Å². The van der Waals surface area contributed by atoms with Crippen LogP contribution in [0.15, 0.2) is 67.0 Å². The van der Waals surface area contributed by atoms with E-state index in [1.54, 1.807) is 25.3 Å². The summed E-state index contributed by atoms with van der Waals surface area (Å²) in [6.45, 7) is 1.69. The highest BCUT2D eigenvalue weighted by Crippen LogP contribution is 2.11. The Hall–Kier alpha value is -3.28. The Balaban J connectivity index is 1.49. The molecule has 0 aliphatic carbocycles. The van der Waals surface area contributed by atoms with Crippen molar-refractivity contribution in [2.75, 3.05) is 14.2 Å².